The van der Waals surface area contributed by atoms with Crippen molar-refractivity contribution in [2.75, 3.05) is 0 Å². The first-order valence-corrected chi connectivity index (χ1v) is 9.26. The quantitative estimate of drug-likeness (QED) is 0.618. The predicted octanol–water partition coefficient (Wildman–Crippen LogP) is 4.81. The molecule has 0 aliphatic heterocycles. The van der Waals surface area contributed by atoms with Crippen LogP contribution in [0.1, 0.15) is 85.5 Å². The van der Waals surface area contributed by atoms with Gasteiger partial charge < -0.3 is 9.84 Å². The van der Waals surface area contributed by atoms with Crippen molar-refractivity contribution in [3.05, 3.63) is 0 Å². The molecule has 2 unspecified atom stereocenters. The van der Waals surface area contributed by atoms with Crippen LogP contribution in [0.3, 0.4) is 0 Å². The van der Waals surface area contributed by atoms with Gasteiger partial charge in [-0.05, 0) is 37.0 Å². The molecule has 0 heterocycles. The number of rotatable bonds is 9. The number of esters is 1. The minimum atomic E-state index is -0.946. The summed E-state index contributed by atoms with van der Waals surface area (Å²) in [6.45, 7) is 8.97. The van der Waals surface area contributed by atoms with Gasteiger partial charge >= 0.3 is 11.9 Å². The van der Waals surface area contributed by atoms with Gasteiger partial charge in [0.05, 0.1) is 12.8 Å². The Morgan fingerprint density at radius 3 is 2.39 bits per heavy atom. The van der Waals surface area contributed by atoms with Gasteiger partial charge in [0.15, 0.2) is 0 Å². The molecule has 1 saturated carbocycles. The number of carboxylic acids is 1. The zero-order chi connectivity index (χ0) is 17.5. The van der Waals surface area contributed by atoms with E-state index in [1.165, 1.54) is 6.42 Å². The Morgan fingerprint density at radius 1 is 1.22 bits per heavy atom. The number of carbonyl (C=O) groups excluding carboxylic acids is 1. The van der Waals surface area contributed by atoms with Gasteiger partial charge in [-0.1, -0.05) is 47.0 Å². The van der Waals surface area contributed by atoms with E-state index in [1.54, 1.807) is 0 Å². The molecule has 0 radical (unpaired) electrons. The van der Waals surface area contributed by atoms with Crippen molar-refractivity contribution in [3.63, 3.8) is 0 Å². The van der Waals surface area contributed by atoms with E-state index in [1.807, 2.05) is 0 Å². The van der Waals surface area contributed by atoms with E-state index < -0.39 is 5.97 Å². The number of aliphatic carboxylic acids is 1. The number of carboxylic acid groups (broad SMARTS) is 1. The molecule has 1 N–H and O–H groups in total. The van der Waals surface area contributed by atoms with Crippen molar-refractivity contribution in [1.82, 2.24) is 0 Å². The molecule has 0 bridgehead atoms. The summed E-state index contributed by atoms with van der Waals surface area (Å²) in [5, 5.41) is 8.72. The van der Waals surface area contributed by atoms with Gasteiger partial charge in [-0.25, -0.2) is 0 Å². The van der Waals surface area contributed by atoms with E-state index in [4.69, 9.17) is 9.84 Å². The van der Waals surface area contributed by atoms with Gasteiger partial charge in [0.25, 0.3) is 0 Å². The van der Waals surface area contributed by atoms with Gasteiger partial charge in [0, 0.05) is 5.92 Å². The highest BCUT2D eigenvalue weighted by Gasteiger charge is 2.44. The fourth-order valence-corrected chi connectivity index (χ4v) is 4.15. The number of carbonyl (C=O) groups is 2. The maximum absolute atomic E-state index is 12.0. The zero-order valence-electron chi connectivity index (χ0n) is 15.3. The highest BCUT2D eigenvalue weighted by molar-refractivity contribution is 5.76. The lowest BCUT2D eigenvalue weighted by Crippen LogP contribution is -2.43. The van der Waals surface area contributed by atoms with Crippen LogP contribution in [0.4, 0.5) is 0 Å². The Labute approximate surface area is 141 Å². The molecule has 23 heavy (non-hydrogen) atoms. The van der Waals surface area contributed by atoms with E-state index >= 15 is 0 Å². The van der Waals surface area contributed by atoms with Crippen molar-refractivity contribution in [3.8, 4) is 0 Å². The topological polar surface area (TPSA) is 63.6 Å². The molecule has 0 saturated heterocycles. The lowest BCUT2D eigenvalue weighted by atomic mass is 9.60. The molecule has 1 rings (SSSR count). The zero-order valence-corrected chi connectivity index (χ0v) is 15.3. The van der Waals surface area contributed by atoms with Crippen molar-refractivity contribution < 1.29 is 19.4 Å². The molecule has 1 aliphatic rings. The Balaban J connectivity index is 2.79. The van der Waals surface area contributed by atoms with Gasteiger partial charge in [0.2, 0.25) is 0 Å². The maximum atomic E-state index is 12.0. The van der Waals surface area contributed by atoms with Gasteiger partial charge in [-0.3, -0.25) is 9.59 Å². The van der Waals surface area contributed by atoms with Gasteiger partial charge in [-0.2, -0.15) is 0 Å². The standard InChI is InChI=1S/C19H34O4/c1-5-19(6-2)13-7-8-16(15(19)10-9-14(3)4)23-18(22)12-11-17(20)21/h14-16H,5-13H2,1-4H3,(H,20,21). The fourth-order valence-electron chi connectivity index (χ4n) is 4.15. The second-order valence-corrected chi connectivity index (χ2v) is 7.46. The molecular weight excluding hydrogens is 292 g/mol. The number of hydrogen-bond acceptors (Lipinski definition) is 3. The van der Waals surface area contributed by atoms with Crippen LogP contribution < -0.4 is 0 Å². The third-order valence-electron chi connectivity index (χ3n) is 5.69. The summed E-state index contributed by atoms with van der Waals surface area (Å²) >= 11 is 0. The highest BCUT2D eigenvalue weighted by Crippen LogP contribution is 2.49. The summed E-state index contributed by atoms with van der Waals surface area (Å²) in [7, 11) is 0. The lowest BCUT2D eigenvalue weighted by Gasteiger charge is -2.47. The van der Waals surface area contributed by atoms with Gasteiger partial charge in [-0.15, -0.1) is 0 Å². The average Bonchev–Trinajstić information content (AvgIpc) is 2.51. The third-order valence-corrected chi connectivity index (χ3v) is 5.69. The van der Waals surface area contributed by atoms with Crippen molar-refractivity contribution in [1.29, 1.82) is 0 Å². The van der Waals surface area contributed by atoms with Crippen LogP contribution >= 0.6 is 0 Å². The van der Waals surface area contributed by atoms with Crippen molar-refractivity contribution in [2.45, 2.75) is 91.6 Å². The Kier molecular flexibility index (Phi) is 8.07. The minimum Gasteiger partial charge on any atom is -0.481 e. The normalized spacial score (nSPS) is 23.7. The molecule has 4 nitrogen and oxygen atoms in total. The van der Waals surface area contributed by atoms with Crippen molar-refractivity contribution >= 4 is 11.9 Å². The van der Waals surface area contributed by atoms with E-state index in [0.29, 0.717) is 11.8 Å². The number of ether oxygens (including phenoxy) is 1. The van der Waals surface area contributed by atoms with E-state index in [2.05, 4.69) is 27.7 Å². The molecule has 0 aromatic carbocycles. The fraction of sp³-hybridized carbons (Fsp3) is 0.895. The van der Waals surface area contributed by atoms with E-state index in [0.717, 1.165) is 38.5 Å². The molecule has 0 aromatic heterocycles. The maximum Gasteiger partial charge on any atom is 0.306 e. The lowest BCUT2D eigenvalue weighted by molar-refractivity contribution is -0.161. The van der Waals surface area contributed by atoms with Crippen LogP contribution in [0.5, 0.6) is 0 Å². The van der Waals surface area contributed by atoms with Crippen molar-refractivity contribution in [2.24, 2.45) is 17.3 Å². The van der Waals surface area contributed by atoms with Crippen LogP contribution in [0.25, 0.3) is 0 Å². The minimum absolute atomic E-state index is 0.0199. The summed E-state index contributed by atoms with van der Waals surface area (Å²) in [5.74, 6) is -0.248. The van der Waals surface area contributed by atoms with Gasteiger partial charge in [0.1, 0.15) is 6.10 Å². The first-order valence-electron chi connectivity index (χ1n) is 9.26. The largest absolute Gasteiger partial charge is 0.481 e. The van der Waals surface area contributed by atoms with Crippen LogP contribution in [-0.2, 0) is 14.3 Å². The van der Waals surface area contributed by atoms with Crippen LogP contribution in [0.15, 0.2) is 0 Å². The summed E-state index contributed by atoms with van der Waals surface area (Å²) < 4.78 is 5.74. The van der Waals surface area contributed by atoms with Crippen LogP contribution in [0, 0.1) is 17.3 Å². The molecule has 1 fully saturated rings. The molecular formula is C19H34O4. The second-order valence-electron chi connectivity index (χ2n) is 7.46. The summed E-state index contributed by atoms with van der Waals surface area (Å²) in [6.07, 6.45) is 7.51. The van der Waals surface area contributed by atoms with Crippen LogP contribution in [0.2, 0.25) is 0 Å². The van der Waals surface area contributed by atoms with E-state index in [9.17, 15) is 9.59 Å². The average molecular weight is 326 g/mol. The SMILES string of the molecule is CCC1(CC)CCCC(OC(=O)CCC(=O)O)C1CCC(C)C. The Morgan fingerprint density at radius 2 is 1.87 bits per heavy atom. The molecule has 0 spiro atoms. The van der Waals surface area contributed by atoms with E-state index in [-0.39, 0.29) is 30.3 Å². The summed E-state index contributed by atoms with van der Waals surface area (Å²) in [5.41, 5.74) is 0.269. The summed E-state index contributed by atoms with van der Waals surface area (Å²) in [6, 6.07) is 0. The smallest absolute Gasteiger partial charge is 0.306 e. The first kappa shape index (κ1) is 20.0. The molecule has 1 aliphatic carbocycles. The molecule has 134 valence electrons. The monoisotopic (exact) mass is 326 g/mol. The first-order chi connectivity index (χ1) is 10.8. The molecule has 0 aromatic rings. The third kappa shape index (κ3) is 5.82. The molecule has 4 heteroatoms. The Hall–Kier alpha value is -1.06. The number of hydrogen-bond donors (Lipinski definition) is 1. The molecule has 2 atom stereocenters. The predicted molar refractivity (Wildman–Crippen MR) is 91.2 cm³/mol. The Bertz CT molecular complexity index is 385. The molecule has 0 amide bonds. The highest BCUT2D eigenvalue weighted by atomic mass is 16.5. The summed E-state index contributed by atoms with van der Waals surface area (Å²) in [4.78, 5) is 22.6. The second kappa shape index (κ2) is 9.29. The van der Waals surface area contributed by atoms with Crippen LogP contribution in [-0.4, -0.2) is 23.1 Å².